The Kier molecular flexibility index (Phi) is 2.09. The Labute approximate surface area is 62.2 Å². The van der Waals surface area contributed by atoms with Gasteiger partial charge in [-0.25, -0.2) is 0 Å². The van der Waals surface area contributed by atoms with Crippen LogP contribution in [0.25, 0.3) is 0 Å². The van der Waals surface area contributed by atoms with Crippen LogP contribution in [0.1, 0.15) is 20.3 Å². The fourth-order valence-corrected chi connectivity index (χ4v) is 1.45. The van der Waals surface area contributed by atoms with E-state index in [0.29, 0.717) is 24.3 Å². The summed E-state index contributed by atoms with van der Waals surface area (Å²) in [6.45, 7) is 4.96. The molecule has 2 heteroatoms. The summed E-state index contributed by atoms with van der Waals surface area (Å²) >= 11 is 0. The van der Waals surface area contributed by atoms with Gasteiger partial charge in [0.2, 0.25) is 0 Å². The molecule has 0 N–H and O–H groups in total. The Morgan fingerprint density at radius 3 is 2.60 bits per heavy atom. The van der Waals surface area contributed by atoms with Crippen LogP contribution in [0.2, 0.25) is 0 Å². The summed E-state index contributed by atoms with van der Waals surface area (Å²) in [6, 6.07) is 0.567. The van der Waals surface area contributed by atoms with Gasteiger partial charge in [0.05, 0.1) is 6.54 Å². The van der Waals surface area contributed by atoms with Crippen molar-refractivity contribution in [2.45, 2.75) is 26.3 Å². The summed E-state index contributed by atoms with van der Waals surface area (Å²) in [6.07, 6.45) is 0.769. The van der Waals surface area contributed by atoms with Crippen molar-refractivity contribution in [2.24, 2.45) is 5.92 Å². The lowest BCUT2D eigenvalue weighted by molar-refractivity contribution is -0.124. The maximum absolute atomic E-state index is 11.0. The molecule has 1 aliphatic rings. The van der Waals surface area contributed by atoms with Gasteiger partial charge in [-0.2, -0.15) is 0 Å². The van der Waals surface area contributed by atoms with E-state index in [2.05, 4.69) is 18.7 Å². The summed E-state index contributed by atoms with van der Waals surface area (Å²) in [4.78, 5) is 13.1. The molecule has 1 heterocycles. The monoisotopic (exact) mass is 141 g/mol. The molecule has 0 amide bonds. The number of likely N-dealkylation sites (tertiary alicyclic amines) is 1. The van der Waals surface area contributed by atoms with Crippen molar-refractivity contribution in [1.29, 1.82) is 0 Å². The highest BCUT2D eigenvalue weighted by molar-refractivity contribution is 5.81. The first-order valence-electron chi connectivity index (χ1n) is 3.83. The molecule has 10 heavy (non-hydrogen) atoms. The maximum Gasteiger partial charge on any atom is 0.147 e. The second-order valence-corrected chi connectivity index (χ2v) is 3.38. The third kappa shape index (κ3) is 1.37. The number of hydrogen-bond acceptors (Lipinski definition) is 2. The van der Waals surface area contributed by atoms with E-state index in [0.717, 1.165) is 6.42 Å². The Balaban J connectivity index is 2.57. The Bertz CT molecular complexity index is 130. The highest BCUT2D eigenvalue weighted by Crippen LogP contribution is 2.18. The molecule has 0 aromatic heterocycles. The zero-order valence-electron chi connectivity index (χ0n) is 6.92. The highest BCUT2D eigenvalue weighted by atomic mass is 16.1. The average molecular weight is 141 g/mol. The van der Waals surface area contributed by atoms with E-state index in [9.17, 15) is 4.79 Å². The van der Waals surface area contributed by atoms with E-state index >= 15 is 0 Å². The lowest BCUT2D eigenvalue weighted by Gasteiger charge is -2.33. The van der Waals surface area contributed by atoms with Crippen LogP contribution in [-0.2, 0) is 4.79 Å². The Morgan fingerprint density at radius 1 is 1.50 bits per heavy atom. The number of nitrogens with zero attached hydrogens (tertiary/aromatic N) is 1. The van der Waals surface area contributed by atoms with E-state index in [-0.39, 0.29) is 0 Å². The van der Waals surface area contributed by atoms with Crippen LogP contribution in [-0.4, -0.2) is 30.3 Å². The number of ketones is 1. The normalized spacial score (nSPS) is 36.5. The molecule has 2 atom stereocenters. The molecule has 1 aliphatic heterocycles. The molecule has 58 valence electrons. The molecule has 0 spiro atoms. The number of carbonyl (C=O) groups excluding carboxylic acids is 1. The summed E-state index contributed by atoms with van der Waals surface area (Å²) < 4.78 is 0. The molecule has 0 aromatic carbocycles. The van der Waals surface area contributed by atoms with E-state index in [1.54, 1.807) is 0 Å². The minimum Gasteiger partial charge on any atom is -0.298 e. The first-order valence-corrected chi connectivity index (χ1v) is 3.83. The number of carbonyl (C=O) groups is 1. The van der Waals surface area contributed by atoms with Crippen LogP contribution in [0, 0.1) is 5.92 Å². The molecule has 0 saturated carbocycles. The van der Waals surface area contributed by atoms with E-state index in [4.69, 9.17) is 0 Å². The van der Waals surface area contributed by atoms with Gasteiger partial charge in [0.15, 0.2) is 0 Å². The van der Waals surface area contributed by atoms with Gasteiger partial charge in [0.25, 0.3) is 0 Å². The summed E-state index contributed by atoms with van der Waals surface area (Å²) in [5.74, 6) is 0.916. The van der Waals surface area contributed by atoms with Crippen LogP contribution < -0.4 is 0 Å². The van der Waals surface area contributed by atoms with Crippen molar-refractivity contribution in [2.75, 3.05) is 13.6 Å². The summed E-state index contributed by atoms with van der Waals surface area (Å²) in [7, 11) is 2.01. The minimum absolute atomic E-state index is 0.383. The predicted molar refractivity (Wildman–Crippen MR) is 40.9 cm³/mol. The molecule has 1 rings (SSSR count). The highest BCUT2D eigenvalue weighted by Gasteiger charge is 2.26. The number of piperidine rings is 1. The fraction of sp³-hybridized carbons (Fsp3) is 0.875. The lowest BCUT2D eigenvalue weighted by atomic mass is 9.92. The van der Waals surface area contributed by atoms with E-state index in [1.165, 1.54) is 0 Å². The van der Waals surface area contributed by atoms with Gasteiger partial charge >= 0.3 is 0 Å². The number of Topliss-reactive ketones (excluding diaryl/α,β-unsaturated/α-hetero) is 1. The molecular weight excluding hydrogens is 126 g/mol. The van der Waals surface area contributed by atoms with Crippen molar-refractivity contribution in [3.63, 3.8) is 0 Å². The van der Waals surface area contributed by atoms with Gasteiger partial charge in [0, 0.05) is 12.5 Å². The molecule has 0 aromatic rings. The first-order chi connectivity index (χ1) is 4.61. The minimum atomic E-state index is 0.383. The predicted octanol–water partition coefficient (Wildman–Crippen LogP) is 0.916. The van der Waals surface area contributed by atoms with Crippen LogP contribution in [0.4, 0.5) is 0 Å². The van der Waals surface area contributed by atoms with Crippen LogP contribution in [0.5, 0.6) is 0 Å². The van der Waals surface area contributed by atoms with Crippen LogP contribution in [0.15, 0.2) is 0 Å². The van der Waals surface area contributed by atoms with Gasteiger partial charge in [0.1, 0.15) is 5.78 Å². The van der Waals surface area contributed by atoms with Crippen molar-refractivity contribution in [1.82, 2.24) is 4.90 Å². The van der Waals surface area contributed by atoms with Crippen LogP contribution in [0.3, 0.4) is 0 Å². The lowest BCUT2D eigenvalue weighted by Crippen LogP contribution is -2.44. The standard InChI is InChI=1S/C8H15NO/c1-6-4-8(10)5-9(3)7(6)2/h6-7H,4-5H2,1-3H3/t6-,7-/m1/s1. The Morgan fingerprint density at radius 2 is 2.10 bits per heavy atom. The zero-order chi connectivity index (χ0) is 7.72. The molecule has 1 fully saturated rings. The molecule has 2 nitrogen and oxygen atoms in total. The van der Waals surface area contributed by atoms with Gasteiger partial charge in [-0.05, 0) is 19.9 Å². The molecule has 0 unspecified atom stereocenters. The second kappa shape index (κ2) is 2.70. The van der Waals surface area contributed by atoms with Gasteiger partial charge in [-0.1, -0.05) is 6.92 Å². The van der Waals surface area contributed by atoms with Crippen molar-refractivity contribution in [3.05, 3.63) is 0 Å². The third-order valence-corrected chi connectivity index (χ3v) is 2.49. The molecule has 0 aliphatic carbocycles. The zero-order valence-corrected chi connectivity index (χ0v) is 6.92. The third-order valence-electron chi connectivity index (χ3n) is 2.49. The fourth-order valence-electron chi connectivity index (χ4n) is 1.45. The molecule has 0 bridgehead atoms. The quantitative estimate of drug-likeness (QED) is 0.500. The van der Waals surface area contributed by atoms with E-state index in [1.807, 2.05) is 7.05 Å². The smallest absolute Gasteiger partial charge is 0.147 e. The van der Waals surface area contributed by atoms with Crippen molar-refractivity contribution in [3.8, 4) is 0 Å². The second-order valence-electron chi connectivity index (χ2n) is 3.38. The summed E-state index contributed by atoms with van der Waals surface area (Å²) in [5.41, 5.74) is 0. The number of rotatable bonds is 0. The maximum atomic E-state index is 11.0. The number of likely N-dealkylation sites (N-methyl/N-ethyl adjacent to an activating group) is 1. The number of hydrogen-bond donors (Lipinski definition) is 0. The van der Waals surface area contributed by atoms with Gasteiger partial charge < -0.3 is 0 Å². The van der Waals surface area contributed by atoms with Gasteiger partial charge in [-0.15, -0.1) is 0 Å². The molecular formula is C8H15NO. The summed E-state index contributed by atoms with van der Waals surface area (Å²) in [5, 5.41) is 0. The van der Waals surface area contributed by atoms with Crippen molar-refractivity contribution < 1.29 is 4.79 Å². The average Bonchev–Trinajstić information content (AvgIpc) is 1.82. The largest absolute Gasteiger partial charge is 0.298 e. The topological polar surface area (TPSA) is 20.3 Å². The SMILES string of the molecule is C[C@@H]1CC(=O)CN(C)[C@@H]1C. The van der Waals surface area contributed by atoms with Crippen molar-refractivity contribution >= 4 is 5.78 Å². The molecule has 1 saturated heterocycles. The van der Waals surface area contributed by atoms with Crippen LogP contribution >= 0.6 is 0 Å². The van der Waals surface area contributed by atoms with Gasteiger partial charge in [-0.3, -0.25) is 9.69 Å². The first kappa shape index (κ1) is 7.73. The molecule has 0 radical (unpaired) electrons. The van der Waals surface area contributed by atoms with E-state index < -0.39 is 0 Å². The Hall–Kier alpha value is -0.370.